The summed E-state index contributed by atoms with van der Waals surface area (Å²) in [5.41, 5.74) is 0. The number of benzene rings is 3. The maximum atomic E-state index is 4.49. The van der Waals surface area contributed by atoms with Crippen molar-refractivity contribution >= 4 is 36.7 Å². The van der Waals surface area contributed by atoms with Crippen molar-refractivity contribution in [1.82, 2.24) is 0 Å². The van der Waals surface area contributed by atoms with Gasteiger partial charge in [0.25, 0.3) is 0 Å². The van der Waals surface area contributed by atoms with E-state index < -0.39 is 5.31 Å². The molecule has 0 radical (unpaired) electrons. The second-order valence-corrected chi connectivity index (χ2v) is 15.9. The second kappa shape index (κ2) is 7.44. The molecule has 0 saturated heterocycles. The molecule has 0 bridgehead atoms. The Hall–Kier alpha value is -1.43. The minimum atomic E-state index is -2.71. The predicted molar refractivity (Wildman–Crippen MR) is 118 cm³/mol. The van der Waals surface area contributed by atoms with Crippen LogP contribution in [-0.2, 0) is 0 Å². The zero-order chi connectivity index (χ0) is 17.8. The standard InChI is InChI=1S/C23H26BrP/c1-3-20(2)19-25(24,21-13-7-4-8-14-21,22-15-9-5-10-16-22)23-17-11-6-12-18-23/h4-18,20H,3,19H2,1-2H3. The van der Waals surface area contributed by atoms with Crippen LogP contribution in [0, 0.1) is 5.92 Å². The topological polar surface area (TPSA) is 0 Å². The third-order valence-corrected chi connectivity index (χ3v) is 15.2. The molecule has 0 spiro atoms. The van der Waals surface area contributed by atoms with Crippen LogP contribution in [0.4, 0.5) is 0 Å². The first-order chi connectivity index (χ1) is 12.1. The number of hydrogen-bond acceptors (Lipinski definition) is 0. The van der Waals surface area contributed by atoms with E-state index in [2.05, 4.69) is 120 Å². The zero-order valence-corrected chi connectivity index (χ0v) is 17.5. The number of rotatable bonds is 6. The van der Waals surface area contributed by atoms with Crippen molar-refractivity contribution in [3.05, 3.63) is 91.0 Å². The van der Waals surface area contributed by atoms with E-state index >= 15 is 0 Å². The third kappa shape index (κ3) is 3.21. The van der Waals surface area contributed by atoms with Crippen LogP contribution in [0.5, 0.6) is 0 Å². The Balaban J connectivity index is 2.40. The fraction of sp³-hybridized carbons (Fsp3) is 0.217. The van der Waals surface area contributed by atoms with Gasteiger partial charge in [-0.15, -0.1) is 0 Å². The van der Waals surface area contributed by atoms with Crippen molar-refractivity contribution in [1.29, 1.82) is 0 Å². The summed E-state index contributed by atoms with van der Waals surface area (Å²) < 4.78 is 0. The van der Waals surface area contributed by atoms with Gasteiger partial charge < -0.3 is 0 Å². The maximum absolute atomic E-state index is 4.49. The minimum absolute atomic E-state index is 0.623. The zero-order valence-electron chi connectivity index (χ0n) is 15.0. The Bertz CT molecular complexity index is 700. The van der Waals surface area contributed by atoms with Crippen LogP contribution in [0.2, 0.25) is 0 Å². The summed E-state index contributed by atoms with van der Waals surface area (Å²) in [6, 6.07) is 33.1. The molecule has 0 aliphatic carbocycles. The molecule has 0 nitrogen and oxygen atoms in total. The molecule has 2 heteroatoms. The Kier molecular flexibility index (Phi) is 5.46. The van der Waals surface area contributed by atoms with Crippen molar-refractivity contribution in [2.75, 3.05) is 6.16 Å². The van der Waals surface area contributed by atoms with E-state index in [1.54, 1.807) is 0 Å². The van der Waals surface area contributed by atoms with Crippen LogP contribution in [0.15, 0.2) is 91.0 Å². The summed E-state index contributed by atoms with van der Waals surface area (Å²) in [5, 5.41) is 1.52. The van der Waals surface area contributed by atoms with Crippen molar-refractivity contribution in [2.45, 2.75) is 20.3 Å². The predicted octanol–water partition coefficient (Wildman–Crippen LogP) is 5.87. The summed E-state index contributed by atoms with van der Waals surface area (Å²) in [7, 11) is 0. The van der Waals surface area contributed by atoms with E-state index in [1.165, 1.54) is 22.3 Å². The van der Waals surface area contributed by atoms with E-state index in [-0.39, 0.29) is 0 Å². The normalized spacial score (nSPS) is 14.4. The van der Waals surface area contributed by atoms with E-state index in [9.17, 15) is 0 Å². The molecular formula is C23H26BrP. The monoisotopic (exact) mass is 412 g/mol. The number of halogens is 1. The molecule has 0 fully saturated rings. The molecular weight excluding hydrogens is 387 g/mol. The van der Waals surface area contributed by atoms with Crippen molar-refractivity contribution in [3.63, 3.8) is 0 Å². The van der Waals surface area contributed by atoms with E-state index in [1.807, 2.05) is 0 Å². The Morgan fingerprint density at radius 3 is 1.28 bits per heavy atom. The molecule has 0 heterocycles. The Morgan fingerprint density at radius 2 is 1.00 bits per heavy atom. The van der Waals surface area contributed by atoms with Gasteiger partial charge in [0, 0.05) is 0 Å². The van der Waals surface area contributed by atoms with E-state index in [4.69, 9.17) is 0 Å². The molecule has 3 rings (SSSR count). The van der Waals surface area contributed by atoms with Gasteiger partial charge in [0.15, 0.2) is 0 Å². The molecule has 0 aliphatic heterocycles. The molecule has 0 saturated carbocycles. The molecule has 3 aromatic carbocycles. The van der Waals surface area contributed by atoms with Crippen molar-refractivity contribution in [3.8, 4) is 0 Å². The molecule has 0 amide bonds. The van der Waals surface area contributed by atoms with E-state index in [0.717, 1.165) is 6.16 Å². The summed E-state index contributed by atoms with van der Waals surface area (Å²) in [6.45, 7) is 4.66. The molecule has 3 aromatic rings. The summed E-state index contributed by atoms with van der Waals surface area (Å²) in [6.07, 6.45) is 2.30. The van der Waals surface area contributed by atoms with Gasteiger partial charge in [0.05, 0.1) is 0 Å². The Morgan fingerprint density at radius 1 is 0.680 bits per heavy atom. The van der Waals surface area contributed by atoms with Gasteiger partial charge in [-0.05, 0) is 0 Å². The van der Waals surface area contributed by atoms with Gasteiger partial charge in [-0.3, -0.25) is 0 Å². The first-order valence-electron chi connectivity index (χ1n) is 8.99. The van der Waals surface area contributed by atoms with Crippen LogP contribution in [0.1, 0.15) is 20.3 Å². The van der Waals surface area contributed by atoms with Crippen LogP contribution in [-0.4, -0.2) is 6.16 Å². The molecule has 0 aliphatic rings. The van der Waals surface area contributed by atoms with Gasteiger partial charge in [-0.2, -0.15) is 0 Å². The first kappa shape index (κ1) is 18.4. The van der Waals surface area contributed by atoms with Crippen LogP contribution >= 0.6 is 20.8 Å². The molecule has 1 atom stereocenters. The fourth-order valence-electron chi connectivity index (χ4n) is 3.69. The fourth-order valence-corrected chi connectivity index (χ4v) is 12.6. The van der Waals surface area contributed by atoms with Crippen molar-refractivity contribution < 1.29 is 0 Å². The van der Waals surface area contributed by atoms with Gasteiger partial charge in [-0.1, -0.05) is 0 Å². The molecule has 0 N–H and O–H groups in total. The average molecular weight is 413 g/mol. The summed E-state index contributed by atoms with van der Waals surface area (Å²) >= 11 is 4.49. The molecule has 25 heavy (non-hydrogen) atoms. The van der Waals surface area contributed by atoms with E-state index in [0.29, 0.717) is 5.92 Å². The first-order valence-corrected chi connectivity index (χ1v) is 13.4. The third-order valence-electron chi connectivity index (χ3n) is 5.24. The quantitative estimate of drug-likeness (QED) is 0.444. The molecule has 1 unspecified atom stereocenters. The summed E-state index contributed by atoms with van der Waals surface area (Å²) in [4.78, 5) is 0. The summed E-state index contributed by atoms with van der Waals surface area (Å²) in [5.74, 6) is 0.623. The SMILES string of the molecule is CCC(C)CP(Br)(c1ccccc1)(c1ccccc1)c1ccccc1. The van der Waals surface area contributed by atoms with Gasteiger partial charge in [-0.25, -0.2) is 0 Å². The Labute approximate surface area is 160 Å². The van der Waals surface area contributed by atoms with Crippen LogP contribution in [0.3, 0.4) is 0 Å². The van der Waals surface area contributed by atoms with Gasteiger partial charge >= 0.3 is 160 Å². The van der Waals surface area contributed by atoms with Crippen LogP contribution in [0.25, 0.3) is 0 Å². The average Bonchev–Trinajstić information content (AvgIpc) is 2.70. The van der Waals surface area contributed by atoms with Gasteiger partial charge in [0.2, 0.25) is 0 Å². The van der Waals surface area contributed by atoms with Crippen LogP contribution < -0.4 is 15.9 Å². The molecule has 0 aromatic heterocycles. The molecule has 130 valence electrons. The van der Waals surface area contributed by atoms with Crippen molar-refractivity contribution in [2.24, 2.45) is 5.92 Å². The number of hydrogen-bond donors (Lipinski definition) is 0. The second-order valence-electron chi connectivity index (χ2n) is 6.89. The van der Waals surface area contributed by atoms with Gasteiger partial charge in [0.1, 0.15) is 0 Å².